The third-order valence-corrected chi connectivity index (χ3v) is 14.5. The van der Waals surface area contributed by atoms with Crippen LogP contribution in [0.3, 0.4) is 0 Å². The summed E-state index contributed by atoms with van der Waals surface area (Å²) < 4.78 is 15.1. The summed E-state index contributed by atoms with van der Waals surface area (Å²) in [6.07, 6.45) is 6.82. The monoisotopic (exact) mass is 1160 g/mol. The number of rotatable bonds is 7. The Kier molecular flexibility index (Phi) is 13.4. The van der Waals surface area contributed by atoms with Crippen LogP contribution in [-0.2, 0) is 52.2 Å². The van der Waals surface area contributed by atoms with Gasteiger partial charge in [-0.3, -0.25) is 9.55 Å². The van der Waals surface area contributed by atoms with Crippen LogP contribution in [-0.4, -0.2) is 31.8 Å². The van der Waals surface area contributed by atoms with Crippen LogP contribution in [0.25, 0.3) is 78.2 Å². The second kappa shape index (κ2) is 18.9. The van der Waals surface area contributed by atoms with Gasteiger partial charge in [-0.05, 0) is 97.0 Å². The van der Waals surface area contributed by atoms with Crippen LogP contribution in [0.2, 0.25) is 0 Å². The summed E-state index contributed by atoms with van der Waals surface area (Å²) in [5.41, 5.74) is 14.0. The zero-order valence-electron chi connectivity index (χ0n) is 46.0. The number of benzene rings is 6. The number of imidazole rings is 1. The van der Waals surface area contributed by atoms with Crippen LogP contribution in [0.5, 0.6) is 5.75 Å². The molecule has 0 bridgehead atoms. The summed E-state index contributed by atoms with van der Waals surface area (Å²) in [4.78, 5) is 10.8. The second-order valence-electron chi connectivity index (χ2n) is 25.8. The molecule has 6 nitrogen and oxygen atoms in total. The van der Waals surface area contributed by atoms with Crippen molar-refractivity contribution in [2.45, 2.75) is 144 Å². The Morgan fingerprint density at radius 2 is 1.24 bits per heavy atom. The van der Waals surface area contributed by atoms with E-state index < -0.39 is 0 Å². The van der Waals surface area contributed by atoms with E-state index in [2.05, 4.69) is 242 Å². The number of hydrogen-bond donors (Lipinski definition) is 1. The molecule has 4 heterocycles. The van der Waals surface area contributed by atoms with Gasteiger partial charge in [0.15, 0.2) is 12.2 Å². The van der Waals surface area contributed by atoms with E-state index >= 15 is 0 Å². The zero-order chi connectivity index (χ0) is 52.2. The molecule has 0 amide bonds. The molecule has 10 rings (SSSR count). The standard InChI is InChI=1S/C67H72N3O3.Pt/c1-63(2,3)39-48-37-57-58(72-48)38-56(73-57)42-24-26-50-41(30-42)28-29-68-59(50)44-31-43(32-46(33-44)65(7,8)9)49-22-19-23-55-60(49)69-62(52-35-47(66(10,11)12)36-53(61(52)71)67(13,14)15)70(55)54-27-25-45(64(4,5)6)34-51(54)40-20-17-16-18-21-40;/h16-30,32-38,57-58,71H,39H2,1-15H3;/q-1;. The predicted molar refractivity (Wildman–Crippen MR) is 303 cm³/mol. The normalized spacial score (nSPS) is 16.1. The average Bonchev–Trinajstić information content (AvgIpc) is 4.01. The summed E-state index contributed by atoms with van der Waals surface area (Å²) in [6, 6.07) is 45.3. The number of ether oxygens (including phenoxy) is 2. The molecule has 2 aliphatic heterocycles. The van der Waals surface area contributed by atoms with Gasteiger partial charge in [-0.25, -0.2) is 4.98 Å². The van der Waals surface area contributed by atoms with Gasteiger partial charge in [-0.2, -0.15) is 0 Å². The molecule has 0 saturated carbocycles. The van der Waals surface area contributed by atoms with Crippen LogP contribution in [0.15, 0.2) is 139 Å². The first kappa shape index (κ1) is 52.6. The van der Waals surface area contributed by atoms with Gasteiger partial charge >= 0.3 is 0 Å². The second-order valence-corrected chi connectivity index (χ2v) is 25.8. The topological polar surface area (TPSA) is 69.4 Å². The molecule has 2 aliphatic rings. The van der Waals surface area contributed by atoms with Crippen LogP contribution in [0.4, 0.5) is 0 Å². The van der Waals surface area contributed by atoms with Gasteiger partial charge < -0.3 is 14.6 Å². The number of pyridine rings is 1. The summed E-state index contributed by atoms with van der Waals surface area (Å²) in [5, 5.41) is 14.7. The number of nitrogens with zero attached hydrogens (tertiary/aromatic N) is 3. The Hall–Kier alpha value is -6.23. The smallest absolute Gasteiger partial charge is 0.161 e. The molecular formula is C67H72N3O3Pt-. The number of phenolic OH excluding ortho intramolecular Hbond substituents is 1. The van der Waals surface area contributed by atoms with E-state index in [9.17, 15) is 5.11 Å². The number of fused-ring (bicyclic) bond motifs is 3. The number of phenols is 1. The first-order valence-corrected chi connectivity index (χ1v) is 26.0. The fourth-order valence-corrected chi connectivity index (χ4v) is 10.3. The van der Waals surface area contributed by atoms with E-state index in [1.807, 2.05) is 6.20 Å². The van der Waals surface area contributed by atoms with E-state index in [1.54, 1.807) is 0 Å². The van der Waals surface area contributed by atoms with E-state index in [0.717, 1.165) is 101 Å². The summed E-state index contributed by atoms with van der Waals surface area (Å²) in [7, 11) is 0. The Balaban J connectivity index is 0.00000672. The number of para-hydroxylation sites is 1. The number of allylic oxidation sites excluding steroid dienone is 1. The van der Waals surface area contributed by atoms with Gasteiger partial charge in [0.25, 0.3) is 0 Å². The number of hydrogen-bond acceptors (Lipinski definition) is 5. The van der Waals surface area contributed by atoms with Gasteiger partial charge in [-0.1, -0.05) is 182 Å². The summed E-state index contributed by atoms with van der Waals surface area (Å²) in [6.45, 7) is 33.4. The van der Waals surface area contributed by atoms with Crippen LogP contribution in [0.1, 0.15) is 138 Å². The van der Waals surface area contributed by atoms with Crippen molar-refractivity contribution in [1.29, 1.82) is 0 Å². The third kappa shape index (κ3) is 10.2. The molecular weight excluding hydrogens is 1090 g/mol. The van der Waals surface area contributed by atoms with Gasteiger partial charge in [0, 0.05) is 62.1 Å². The number of aromatic nitrogens is 3. The fraction of sp³-hybridized carbons (Fsp3) is 0.343. The molecule has 1 N–H and O–H groups in total. The minimum absolute atomic E-state index is 0. The summed E-state index contributed by atoms with van der Waals surface area (Å²) in [5.74, 6) is 2.77. The first-order chi connectivity index (χ1) is 34.2. The van der Waals surface area contributed by atoms with Crippen molar-refractivity contribution in [3.8, 4) is 56.3 Å². The molecule has 2 unspecified atom stereocenters. The molecule has 74 heavy (non-hydrogen) atoms. The molecule has 0 radical (unpaired) electrons. The van der Waals surface area contributed by atoms with Crippen molar-refractivity contribution in [2.75, 3.05) is 0 Å². The maximum absolute atomic E-state index is 12.6. The first-order valence-electron chi connectivity index (χ1n) is 26.0. The van der Waals surface area contributed by atoms with E-state index in [1.165, 1.54) is 5.56 Å². The maximum Gasteiger partial charge on any atom is 0.161 e. The molecule has 0 spiro atoms. The minimum Gasteiger partial charge on any atom is -0.507 e. The van der Waals surface area contributed by atoms with Gasteiger partial charge in [0.05, 0.1) is 28.0 Å². The molecule has 0 fully saturated rings. The Labute approximate surface area is 454 Å². The average molecular weight is 1160 g/mol. The molecule has 2 aromatic heterocycles. The van der Waals surface area contributed by atoms with Crippen LogP contribution in [0, 0.1) is 11.5 Å². The Morgan fingerprint density at radius 1 is 0.581 bits per heavy atom. The molecule has 0 saturated heterocycles. The molecule has 0 aliphatic carbocycles. The molecule has 384 valence electrons. The van der Waals surface area contributed by atoms with Crippen molar-refractivity contribution in [2.24, 2.45) is 5.41 Å². The largest absolute Gasteiger partial charge is 0.507 e. The molecule has 8 aromatic rings. The van der Waals surface area contributed by atoms with Crippen LogP contribution < -0.4 is 0 Å². The van der Waals surface area contributed by atoms with Crippen molar-refractivity contribution in [3.05, 3.63) is 173 Å². The third-order valence-electron chi connectivity index (χ3n) is 14.5. The van der Waals surface area contributed by atoms with Crippen LogP contribution >= 0.6 is 0 Å². The van der Waals surface area contributed by atoms with E-state index in [0.29, 0.717) is 11.4 Å². The zero-order valence-corrected chi connectivity index (χ0v) is 48.3. The van der Waals surface area contributed by atoms with E-state index in [4.69, 9.17) is 19.4 Å². The van der Waals surface area contributed by atoms with Crippen molar-refractivity contribution in [1.82, 2.24) is 14.5 Å². The fourth-order valence-electron chi connectivity index (χ4n) is 10.3. The Bertz CT molecular complexity index is 3530. The summed E-state index contributed by atoms with van der Waals surface area (Å²) >= 11 is 0. The van der Waals surface area contributed by atoms with Gasteiger partial charge in [0.1, 0.15) is 17.3 Å². The predicted octanol–water partition coefficient (Wildman–Crippen LogP) is 17.4. The number of aromatic hydroxyl groups is 1. The van der Waals surface area contributed by atoms with Gasteiger partial charge in [-0.15, -0.1) is 29.3 Å². The van der Waals surface area contributed by atoms with Crippen molar-refractivity contribution < 1.29 is 35.6 Å². The van der Waals surface area contributed by atoms with Crippen molar-refractivity contribution >= 4 is 27.6 Å². The van der Waals surface area contributed by atoms with Crippen molar-refractivity contribution in [3.63, 3.8) is 0 Å². The molecule has 6 aromatic carbocycles. The molecule has 7 heteroatoms. The Morgan fingerprint density at radius 3 is 1.91 bits per heavy atom. The SMILES string of the molecule is CC(C)(C)CC1=CC2OC(c3ccc4c(-c5[c-]c(-c6cccc7c6nc(-c6cc(C(C)(C)C)cc(C(C)(C)C)c6O)n7-c6ccc(C(C)(C)C)cc6-c6ccccc6)cc(C(C)(C)C)c5)nccc4c3)=CC2O1.[Pt]. The quantitative estimate of drug-likeness (QED) is 0.161. The maximum atomic E-state index is 12.6. The minimum atomic E-state index is -0.342. The van der Waals surface area contributed by atoms with E-state index in [-0.39, 0.29) is 66.1 Å². The molecule has 2 atom stereocenters. The van der Waals surface area contributed by atoms with Gasteiger partial charge in [0.2, 0.25) is 0 Å².